The van der Waals surface area contributed by atoms with Gasteiger partial charge in [-0.25, -0.2) is 4.79 Å². The van der Waals surface area contributed by atoms with E-state index in [1.165, 1.54) is 4.90 Å². The van der Waals surface area contributed by atoms with Crippen LogP contribution in [0.2, 0.25) is 0 Å². The van der Waals surface area contributed by atoms with Crippen LogP contribution in [-0.4, -0.2) is 40.4 Å². The summed E-state index contributed by atoms with van der Waals surface area (Å²) in [6.07, 6.45) is 3.89. The van der Waals surface area contributed by atoms with E-state index in [4.69, 9.17) is 4.74 Å². The molecular weight excluding hydrogens is 290 g/mol. The van der Waals surface area contributed by atoms with Crippen molar-refractivity contribution in [3.05, 3.63) is 22.8 Å². The van der Waals surface area contributed by atoms with Crippen LogP contribution >= 0.6 is 15.9 Å². The van der Waals surface area contributed by atoms with Gasteiger partial charge in [0.05, 0.1) is 6.61 Å². The van der Waals surface area contributed by atoms with E-state index in [1.54, 1.807) is 25.3 Å². The fraction of sp³-hybridized carbons (Fsp3) is 0.300. The van der Waals surface area contributed by atoms with Gasteiger partial charge in [-0.05, 0) is 35.0 Å². The van der Waals surface area contributed by atoms with Crippen molar-refractivity contribution < 1.29 is 14.6 Å². The third kappa shape index (κ3) is 2.29. The first-order valence-electron chi connectivity index (χ1n) is 4.98. The molecule has 0 aromatic heterocycles. The maximum Gasteiger partial charge on any atom is 0.359 e. The topological polar surface area (TPSA) is 74.5 Å². The molecule has 1 atom stereocenters. The molecular formula is C10H10BrN3O3. The van der Waals surface area contributed by atoms with Gasteiger partial charge in [0, 0.05) is 10.7 Å². The van der Waals surface area contributed by atoms with Crippen molar-refractivity contribution in [1.29, 1.82) is 0 Å². The molecule has 0 aromatic carbocycles. The van der Waals surface area contributed by atoms with Gasteiger partial charge in [0.15, 0.2) is 17.8 Å². The van der Waals surface area contributed by atoms with Crippen LogP contribution in [0.4, 0.5) is 0 Å². The van der Waals surface area contributed by atoms with Crippen molar-refractivity contribution in [2.24, 2.45) is 10.2 Å². The average molecular weight is 300 g/mol. The first-order chi connectivity index (χ1) is 8.13. The number of hydrogen-bond acceptors (Lipinski definition) is 6. The summed E-state index contributed by atoms with van der Waals surface area (Å²) in [6.45, 7) is 1.91. The van der Waals surface area contributed by atoms with Gasteiger partial charge >= 0.3 is 5.97 Å². The number of halogens is 1. The predicted octanol–water partition coefficient (Wildman–Crippen LogP) is 0.744. The number of aliphatic hydroxyl groups excluding tert-OH is 1. The molecule has 0 spiro atoms. The fourth-order valence-electron chi connectivity index (χ4n) is 1.40. The minimum Gasteiger partial charge on any atom is -0.461 e. The lowest BCUT2D eigenvalue weighted by atomic mass is 10.2. The smallest absolute Gasteiger partial charge is 0.359 e. The van der Waals surface area contributed by atoms with Crippen molar-refractivity contribution in [1.82, 2.24) is 4.90 Å². The largest absolute Gasteiger partial charge is 0.461 e. The number of fused-ring (bicyclic) bond motifs is 1. The highest BCUT2D eigenvalue weighted by Gasteiger charge is 2.32. The highest BCUT2D eigenvalue weighted by molar-refractivity contribution is 9.11. The summed E-state index contributed by atoms with van der Waals surface area (Å²) in [5.41, 5.74) is -0.123. The molecule has 0 bridgehead atoms. The lowest BCUT2D eigenvalue weighted by molar-refractivity contribution is -0.135. The van der Waals surface area contributed by atoms with E-state index in [9.17, 15) is 9.90 Å². The number of amidine groups is 1. The monoisotopic (exact) mass is 299 g/mol. The van der Waals surface area contributed by atoms with Crippen LogP contribution in [0.25, 0.3) is 0 Å². The maximum absolute atomic E-state index is 11.5. The molecule has 2 heterocycles. The zero-order valence-corrected chi connectivity index (χ0v) is 10.6. The van der Waals surface area contributed by atoms with E-state index >= 15 is 0 Å². The number of rotatable bonds is 2. The fourth-order valence-corrected chi connectivity index (χ4v) is 1.76. The summed E-state index contributed by atoms with van der Waals surface area (Å²) >= 11 is 3.28. The number of allylic oxidation sites excluding steroid dienone is 2. The second kappa shape index (κ2) is 4.80. The van der Waals surface area contributed by atoms with Gasteiger partial charge in [-0.1, -0.05) is 0 Å². The SMILES string of the molecule is CCOC(=O)C1=NN=C2C=CC(Br)=CN2[C@H]1O. The Hall–Kier alpha value is -1.47. The van der Waals surface area contributed by atoms with Crippen molar-refractivity contribution in [2.45, 2.75) is 13.2 Å². The standard InChI is InChI=1S/C10H10BrN3O3/c1-2-17-10(16)8-9(15)14-5-6(11)3-4-7(14)12-13-8/h3-5,9,15H,2H2,1H3/t9-/m0/s1. The molecule has 0 fully saturated rings. The number of esters is 1. The number of nitrogens with zero attached hydrogens (tertiary/aromatic N) is 3. The van der Waals surface area contributed by atoms with Crippen LogP contribution in [0, 0.1) is 0 Å². The Morgan fingerprint density at radius 3 is 3.06 bits per heavy atom. The Labute approximate surface area is 106 Å². The van der Waals surface area contributed by atoms with Gasteiger partial charge in [0.1, 0.15) is 0 Å². The van der Waals surface area contributed by atoms with Crippen molar-refractivity contribution >= 4 is 33.4 Å². The molecule has 2 rings (SSSR count). The number of carbonyl (C=O) groups is 1. The number of carbonyl (C=O) groups excluding carboxylic acids is 1. The zero-order valence-electron chi connectivity index (χ0n) is 9.00. The molecule has 1 N–H and O–H groups in total. The molecule has 0 radical (unpaired) electrons. The van der Waals surface area contributed by atoms with E-state index in [0.717, 1.165) is 4.48 Å². The Balaban J connectivity index is 2.28. The third-order valence-corrected chi connectivity index (χ3v) is 2.64. The number of ether oxygens (including phenoxy) is 1. The molecule has 0 saturated carbocycles. The number of aliphatic hydroxyl groups is 1. The van der Waals surface area contributed by atoms with Gasteiger partial charge in [-0.3, -0.25) is 4.90 Å². The summed E-state index contributed by atoms with van der Waals surface area (Å²) in [5, 5.41) is 17.5. The van der Waals surface area contributed by atoms with Crippen molar-refractivity contribution in [3.63, 3.8) is 0 Å². The summed E-state index contributed by atoms with van der Waals surface area (Å²) < 4.78 is 5.55. The molecule has 0 amide bonds. The summed E-state index contributed by atoms with van der Waals surface area (Å²) in [4.78, 5) is 12.9. The van der Waals surface area contributed by atoms with Gasteiger partial charge < -0.3 is 9.84 Å². The third-order valence-electron chi connectivity index (χ3n) is 2.17. The van der Waals surface area contributed by atoms with E-state index < -0.39 is 12.2 Å². The van der Waals surface area contributed by atoms with Crippen LogP contribution < -0.4 is 0 Å². The molecule has 90 valence electrons. The van der Waals surface area contributed by atoms with Gasteiger partial charge in [-0.2, -0.15) is 0 Å². The van der Waals surface area contributed by atoms with Crippen LogP contribution in [0.1, 0.15) is 6.92 Å². The van der Waals surface area contributed by atoms with Gasteiger partial charge in [-0.15, -0.1) is 10.2 Å². The van der Waals surface area contributed by atoms with E-state index in [2.05, 4.69) is 26.1 Å². The minimum atomic E-state index is -1.18. The molecule has 6 nitrogen and oxygen atoms in total. The Morgan fingerprint density at radius 1 is 1.59 bits per heavy atom. The van der Waals surface area contributed by atoms with Crippen LogP contribution in [-0.2, 0) is 9.53 Å². The van der Waals surface area contributed by atoms with E-state index in [0.29, 0.717) is 5.84 Å². The molecule has 0 aliphatic carbocycles. The van der Waals surface area contributed by atoms with Crippen LogP contribution in [0.5, 0.6) is 0 Å². The molecule has 0 saturated heterocycles. The van der Waals surface area contributed by atoms with Crippen LogP contribution in [0.3, 0.4) is 0 Å². The Morgan fingerprint density at radius 2 is 2.35 bits per heavy atom. The maximum atomic E-state index is 11.5. The van der Waals surface area contributed by atoms with Crippen molar-refractivity contribution in [2.75, 3.05) is 6.61 Å². The quantitative estimate of drug-likeness (QED) is 0.763. The van der Waals surface area contributed by atoms with E-state index in [1.807, 2.05) is 0 Å². The second-order valence-electron chi connectivity index (χ2n) is 3.29. The summed E-state index contributed by atoms with van der Waals surface area (Å²) in [5.74, 6) is -0.198. The van der Waals surface area contributed by atoms with Gasteiger partial charge in [0.2, 0.25) is 0 Å². The molecule has 2 aliphatic heterocycles. The first kappa shape index (κ1) is 12.0. The minimum absolute atomic E-state index is 0.123. The van der Waals surface area contributed by atoms with Crippen molar-refractivity contribution in [3.8, 4) is 0 Å². The molecule has 7 heteroatoms. The average Bonchev–Trinajstić information content (AvgIpc) is 2.30. The lowest BCUT2D eigenvalue weighted by Gasteiger charge is -2.30. The van der Waals surface area contributed by atoms with Gasteiger partial charge in [0.25, 0.3) is 0 Å². The molecule has 17 heavy (non-hydrogen) atoms. The van der Waals surface area contributed by atoms with E-state index in [-0.39, 0.29) is 12.3 Å². The molecule has 0 aromatic rings. The normalized spacial score (nSPS) is 22.4. The predicted molar refractivity (Wildman–Crippen MR) is 65.5 cm³/mol. The highest BCUT2D eigenvalue weighted by Crippen LogP contribution is 2.20. The molecule has 2 aliphatic rings. The Bertz CT molecular complexity index is 467. The lowest BCUT2D eigenvalue weighted by Crippen LogP contribution is -2.47. The summed E-state index contributed by atoms with van der Waals surface area (Å²) in [6, 6.07) is 0. The second-order valence-corrected chi connectivity index (χ2v) is 4.21. The van der Waals surface area contributed by atoms with Crippen LogP contribution in [0.15, 0.2) is 33.0 Å². The zero-order chi connectivity index (χ0) is 12.4. The summed E-state index contributed by atoms with van der Waals surface area (Å²) in [7, 11) is 0. The first-order valence-corrected chi connectivity index (χ1v) is 5.77. The highest BCUT2D eigenvalue weighted by atomic mass is 79.9. The molecule has 0 unspecified atom stereocenters. The number of hydrogen-bond donors (Lipinski definition) is 1. The Kier molecular flexibility index (Phi) is 3.39.